The number of aromatic nitrogens is 3. The van der Waals surface area contributed by atoms with Crippen LogP contribution >= 0.6 is 0 Å². The Kier molecular flexibility index (Phi) is 5.51. The van der Waals surface area contributed by atoms with Crippen LogP contribution in [0.5, 0.6) is 0 Å². The number of pyridine rings is 1. The van der Waals surface area contributed by atoms with E-state index in [1.165, 1.54) is 24.2 Å². The zero-order valence-electron chi connectivity index (χ0n) is 15.1. The van der Waals surface area contributed by atoms with Gasteiger partial charge in [0.15, 0.2) is 0 Å². The van der Waals surface area contributed by atoms with Gasteiger partial charge in [0.1, 0.15) is 11.6 Å². The first-order valence-corrected chi connectivity index (χ1v) is 8.97. The van der Waals surface area contributed by atoms with E-state index >= 15 is 0 Å². The number of anilines is 1. The molecule has 1 aliphatic rings. The Labute approximate surface area is 145 Å². The summed E-state index contributed by atoms with van der Waals surface area (Å²) < 4.78 is 2.35. The summed E-state index contributed by atoms with van der Waals surface area (Å²) in [7, 11) is 4.26. The van der Waals surface area contributed by atoms with Crippen LogP contribution in [0.2, 0.25) is 0 Å². The SMILES string of the molecule is Cc1ccnc(N2CCCC(c3nccn3CCCN(C)C)C2)c1. The normalized spacial score (nSPS) is 18.3. The molecule has 130 valence electrons. The van der Waals surface area contributed by atoms with Crippen LogP contribution in [0.1, 0.15) is 36.6 Å². The number of imidazole rings is 1. The van der Waals surface area contributed by atoms with Crippen molar-refractivity contribution in [3.05, 3.63) is 42.1 Å². The molecule has 0 radical (unpaired) electrons. The summed E-state index contributed by atoms with van der Waals surface area (Å²) in [6, 6.07) is 4.24. The Morgan fingerprint density at radius 1 is 1.25 bits per heavy atom. The lowest BCUT2D eigenvalue weighted by atomic mass is 9.97. The summed E-state index contributed by atoms with van der Waals surface area (Å²) >= 11 is 0. The van der Waals surface area contributed by atoms with Gasteiger partial charge < -0.3 is 14.4 Å². The van der Waals surface area contributed by atoms with Crippen LogP contribution in [-0.2, 0) is 6.54 Å². The fraction of sp³-hybridized carbons (Fsp3) is 0.579. The van der Waals surface area contributed by atoms with Gasteiger partial charge in [-0.05, 0) is 64.5 Å². The highest BCUT2D eigenvalue weighted by Crippen LogP contribution is 2.28. The highest BCUT2D eigenvalue weighted by molar-refractivity contribution is 5.41. The quantitative estimate of drug-likeness (QED) is 0.817. The fourth-order valence-corrected chi connectivity index (χ4v) is 3.52. The zero-order valence-corrected chi connectivity index (χ0v) is 15.1. The molecule has 0 N–H and O–H groups in total. The molecule has 1 fully saturated rings. The number of aryl methyl sites for hydroxylation is 2. The maximum Gasteiger partial charge on any atom is 0.128 e. The predicted octanol–water partition coefficient (Wildman–Crippen LogP) is 2.92. The molecular formula is C19H29N5. The molecule has 0 aliphatic carbocycles. The van der Waals surface area contributed by atoms with Crippen LogP contribution in [0.4, 0.5) is 5.82 Å². The van der Waals surface area contributed by atoms with Gasteiger partial charge in [-0.15, -0.1) is 0 Å². The van der Waals surface area contributed by atoms with Crippen molar-refractivity contribution in [1.29, 1.82) is 0 Å². The Balaban J connectivity index is 1.68. The van der Waals surface area contributed by atoms with E-state index in [4.69, 9.17) is 0 Å². The average Bonchev–Trinajstić information content (AvgIpc) is 3.03. The topological polar surface area (TPSA) is 37.2 Å². The molecule has 0 spiro atoms. The Morgan fingerprint density at radius 3 is 2.92 bits per heavy atom. The van der Waals surface area contributed by atoms with Crippen molar-refractivity contribution >= 4 is 5.82 Å². The number of rotatable bonds is 6. The van der Waals surface area contributed by atoms with Gasteiger partial charge >= 0.3 is 0 Å². The predicted molar refractivity (Wildman–Crippen MR) is 98.6 cm³/mol. The number of hydrogen-bond donors (Lipinski definition) is 0. The molecular weight excluding hydrogens is 298 g/mol. The Hall–Kier alpha value is -1.88. The number of piperidine rings is 1. The molecule has 1 saturated heterocycles. The van der Waals surface area contributed by atoms with E-state index < -0.39 is 0 Å². The average molecular weight is 327 g/mol. The Bertz CT molecular complexity index is 649. The van der Waals surface area contributed by atoms with Gasteiger partial charge in [-0.2, -0.15) is 0 Å². The maximum absolute atomic E-state index is 4.69. The minimum absolute atomic E-state index is 0.496. The van der Waals surface area contributed by atoms with Crippen LogP contribution in [0, 0.1) is 6.92 Å². The van der Waals surface area contributed by atoms with Gasteiger partial charge in [0.05, 0.1) is 0 Å². The summed E-state index contributed by atoms with van der Waals surface area (Å²) in [4.78, 5) is 13.9. The van der Waals surface area contributed by atoms with Crippen LogP contribution < -0.4 is 4.90 Å². The van der Waals surface area contributed by atoms with E-state index in [1.807, 2.05) is 12.4 Å². The molecule has 2 aromatic heterocycles. The minimum atomic E-state index is 0.496. The highest BCUT2D eigenvalue weighted by Gasteiger charge is 2.25. The van der Waals surface area contributed by atoms with Crippen molar-refractivity contribution in [1.82, 2.24) is 19.4 Å². The first-order valence-electron chi connectivity index (χ1n) is 8.97. The largest absolute Gasteiger partial charge is 0.356 e. The third kappa shape index (κ3) is 4.15. The summed E-state index contributed by atoms with van der Waals surface area (Å²) in [5, 5.41) is 0. The molecule has 3 rings (SSSR count). The van der Waals surface area contributed by atoms with Crippen molar-refractivity contribution in [3.63, 3.8) is 0 Å². The van der Waals surface area contributed by atoms with Gasteiger partial charge in [-0.1, -0.05) is 0 Å². The third-order valence-electron chi connectivity index (χ3n) is 4.76. The van der Waals surface area contributed by atoms with Crippen LogP contribution in [-0.4, -0.2) is 53.2 Å². The van der Waals surface area contributed by atoms with Gasteiger partial charge in [0.2, 0.25) is 0 Å². The van der Waals surface area contributed by atoms with E-state index in [0.717, 1.165) is 38.4 Å². The van der Waals surface area contributed by atoms with Crippen LogP contribution in [0.15, 0.2) is 30.7 Å². The lowest BCUT2D eigenvalue weighted by Gasteiger charge is -2.33. The first-order chi connectivity index (χ1) is 11.6. The van der Waals surface area contributed by atoms with Crippen LogP contribution in [0.3, 0.4) is 0 Å². The molecule has 0 aromatic carbocycles. The zero-order chi connectivity index (χ0) is 16.9. The van der Waals surface area contributed by atoms with E-state index in [9.17, 15) is 0 Å². The third-order valence-corrected chi connectivity index (χ3v) is 4.76. The van der Waals surface area contributed by atoms with Crippen molar-refractivity contribution in [3.8, 4) is 0 Å². The molecule has 0 saturated carbocycles. The summed E-state index contributed by atoms with van der Waals surface area (Å²) in [6.07, 6.45) is 9.57. The number of hydrogen-bond acceptors (Lipinski definition) is 4. The lowest BCUT2D eigenvalue weighted by molar-refractivity contribution is 0.380. The molecule has 1 aliphatic heterocycles. The standard InChI is InChI=1S/C19H29N5/c1-16-7-8-20-18(14-16)24-11-4-6-17(15-24)19-21-9-13-23(19)12-5-10-22(2)3/h7-9,13-14,17H,4-6,10-12,15H2,1-3H3. The fourth-order valence-electron chi connectivity index (χ4n) is 3.52. The van der Waals surface area contributed by atoms with Crippen molar-refractivity contribution in [2.24, 2.45) is 0 Å². The van der Waals surface area contributed by atoms with Crippen molar-refractivity contribution in [2.75, 3.05) is 38.6 Å². The second kappa shape index (κ2) is 7.79. The van der Waals surface area contributed by atoms with Crippen molar-refractivity contribution in [2.45, 2.75) is 38.6 Å². The molecule has 5 heteroatoms. The van der Waals surface area contributed by atoms with E-state index in [2.05, 4.69) is 63.7 Å². The second-order valence-corrected chi connectivity index (χ2v) is 7.11. The molecule has 0 amide bonds. The monoisotopic (exact) mass is 327 g/mol. The maximum atomic E-state index is 4.69. The molecule has 5 nitrogen and oxygen atoms in total. The molecule has 3 heterocycles. The van der Waals surface area contributed by atoms with E-state index in [0.29, 0.717) is 5.92 Å². The highest BCUT2D eigenvalue weighted by atomic mass is 15.2. The second-order valence-electron chi connectivity index (χ2n) is 7.11. The first kappa shape index (κ1) is 17.0. The van der Waals surface area contributed by atoms with E-state index in [1.54, 1.807) is 0 Å². The van der Waals surface area contributed by atoms with E-state index in [-0.39, 0.29) is 0 Å². The summed E-state index contributed by atoms with van der Waals surface area (Å²) in [5.74, 6) is 2.84. The van der Waals surface area contributed by atoms with Crippen LogP contribution in [0.25, 0.3) is 0 Å². The van der Waals surface area contributed by atoms with Gasteiger partial charge in [-0.25, -0.2) is 9.97 Å². The van der Waals surface area contributed by atoms with Crippen molar-refractivity contribution < 1.29 is 0 Å². The molecule has 2 aromatic rings. The molecule has 1 unspecified atom stereocenters. The summed E-state index contributed by atoms with van der Waals surface area (Å²) in [5.41, 5.74) is 1.27. The Morgan fingerprint density at radius 2 is 2.12 bits per heavy atom. The molecule has 1 atom stereocenters. The smallest absolute Gasteiger partial charge is 0.128 e. The number of nitrogens with zero attached hydrogens (tertiary/aromatic N) is 5. The lowest BCUT2D eigenvalue weighted by Crippen LogP contribution is -2.36. The molecule has 0 bridgehead atoms. The van der Waals surface area contributed by atoms with Gasteiger partial charge in [0, 0.05) is 44.1 Å². The summed E-state index contributed by atoms with van der Waals surface area (Å²) in [6.45, 7) is 6.40. The molecule has 24 heavy (non-hydrogen) atoms. The van der Waals surface area contributed by atoms with Gasteiger partial charge in [0.25, 0.3) is 0 Å². The minimum Gasteiger partial charge on any atom is -0.356 e. The van der Waals surface area contributed by atoms with Gasteiger partial charge in [-0.3, -0.25) is 0 Å².